The summed E-state index contributed by atoms with van der Waals surface area (Å²) in [5.74, 6) is 0. The van der Waals surface area contributed by atoms with Crippen molar-refractivity contribution in [3.8, 4) is 0 Å². The first kappa shape index (κ1) is 14.1. The van der Waals surface area contributed by atoms with E-state index in [1.54, 1.807) is 25.2 Å². The number of hydrogen-bond acceptors (Lipinski definition) is 4. The number of nitrogens with zero attached hydrogens (tertiary/aromatic N) is 3. The zero-order valence-corrected chi connectivity index (χ0v) is 12.5. The third kappa shape index (κ3) is 2.32. The molecule has 2 aromatic rings. The van der Waals surface area contributed by atoms with Crippen LogP contribution in [0.2, 0.25) is 0 Å². The van der Waals surface area contributed by atoms with Crippen LogP contribution >= 0.6 is 0 Å². The van der Waals surface area contributed by atoms with Crippen molar-refractivity contribution in [2.24, 2.45) is 7.05 Å². The molecule has 0 spiro atoms. The van der Waals surface area contributed by atoms with Crippen molar-refractivity contribution in [2.75, 3.05) is 10.8 Å². The molecule has 21 heavy (non-hydrogen) atoms. The Hall–Kier alpha value is -1.86. The maximum Gasteiger partial charge on any atom is 0.281 e. The van der Waals surface area contributed by atoms with Gasteiger partial charge < -0.3 is 5.11 Å². The van der Waals surface area contributed by atoms with Crippen molar-refractivity contribution in [1.82, 2.24) is 9.78 Å². The largest absolute Gasteiger partial charge is 0.388 e. The van der Waals surface area contributed by atoms with Gasteiger partial charge in [0.2, 0.25) is 0 Å². The van der Waals surface area contributed by atoms with Crippen LogP contribution < -0.4 is 4.31 Å². The normalized spacial score (nSPS) is 19.1. The highest BCUT2D eigenvalue weighted by atomic mass is 32.2. The van der Waals surface area contributed by atoms with E-state index in [9.17, 15) is 13.5 Å². The van der Waals surface area contributed by atoms with Crippen molar-refractivity contribution in [3.05, 3.63) is 42.1 Å². The van der Waals surface area contributed by atoms with Crippen LogP contribution in [0.25, 0.3) is 0 Å². The van der Waals surface area contributed by atoms with E-state index in [0.717, 1.165) is 0 Å². The smallest absolute Gasteiger partial charge is 0.281 e. The summed E-state index contributed by atoms with van der Waals surface area (Å²) in [6.45, 7) is 0.349. The maximum atomic E-state index is 12.9. The first-order valence-corrected chi connectivity index (χ1v) is 8.23. The highest BCUT2D eigenvalue weighted by molar-refractivity contribution is 7.92. The van der Waals surface area contributed by atoms with Crippen LogP contribution in [-0.4, -0.2) is 29.8 Å². The Morgan fingerprint density at radius 3 is 2.76 bits per heavy atom. The average Bonchev–Trinajstić information content (AvgIpc) is 2.82. The molecule has 0 radical (unpaired) electrons. The molecule has 1 aromatic heterocycles. The molecular formula is C14H17N3O3S. The minimum Gasteiger partial charge on any atom is -0.388 e. The van der Waals surface area contributed by atoms with Crippen molar-refractivity contribution < 1.29 is 13.5 Å². The Morgan fingerprint density at radius 2 is 2.05 bits per heavy atom. The molecule has 0 aliphatic carbocycles. The van der Waals surface area contributed by atoms with Crippen LogP contribution in [0.3, 0.4) is 0 Å². The molecular weight excluding hydrogens is 290 g/mol. The molecule has 1 N–H and O–H groups in total. The summed E-state index contributed by atoms with van der Waals surface area (Å²) < 4.78 is 28.5. The van der Waals surface area contributed by atoms with Gasteiger partial charge in [0.25, 0.3) is 10.0 Å². The van der Waals surface area contributed by atoms with Gasteiger partial charge in [0.15, 0.2) is 5.03 Å². The molecule has 0 saturated heterocycles. The Bertz CT molecular complexity index is 754. The van der Waals surface area contributed by atoms with Gasteiger partial charge in [0, 0.05) is 19.2 Å². The fourth-order valence-electron chi connectivity index (χ4n) is 2.68. The molecule has 7 heteroatoms. The van der Waals surface area contributed by atoms with Crippen LogP contribution in [0.15, 0.2) is 41.6 Å². The Morgan fingerprint density at radius 1 is 1.29 bits per heavy atom. The SMILES string of the molecule is Cn1nccc1S(=O)(=O)N1CCCC(O)c2ccccc21. The first-order valence-electron chi connectivity index (χ1n) is 6.79. The van der Waals surface area contributed by atoms with Crippen LogP contribution in [-0.2, 0) is 17.1 Å². The summed E-state index contributed by atoms with van der Waals surface area (Å²) >= 11 is 0. The van der Waals surface area contributed by atoms with Crippen LogP contribution in [0.1, 0.15) is 24.5 Å². The summed E-state index contributed by atoms with van der Waals surface area (Å²) in [4.78, 5) is 0. The number of rotatable bonds is 2. The van der Waals surface area contributed by atoms with E-state index in [1.165, 1.54) is 21.3 Å². The molecule has 3 rings (SSSR count). The number of aryl methyl sites for hydroxylation is 1. The lowest BCUT2D eigenvalue weighted by atomic mass is 10.1. The summed E-state index contributed by atoms with van der Waals surface area (Å²) in [6.07, 6.45) is 1.99. The Labute approximate surface area is 123 Å². The zero-order chi connectivity index (χ0) is 15.0. The quantitative estimate of drug-likeness (QED) is 0.911. The van der Waals surface area contributed by atoms with E-state index >= 15 is 0 Å². The number of aliphatic hydroxyl groups excluding tert-OH is 1. The number of hydrogen-bond donors (Lipinski definition) is 1. The van der Waals surface area contributed by atoms with Gasteiger partial charge in [-0.1, -0.05) is 18.2 Å². The maximum absolute atomic E-state index is 12.9. The molecule has 0 bridgehead atoms. The molecule has 1 unspecified atom stereocenters. The summed E-state index contributed by atoms with van der Waals surface area (Å²) in [6, 6.07) is 8.58. The number of aliphatic hydroxyl groups is 1. The molecule has 112 valence electrons. The predicted molar refractivity (Wildman–Crippen MR) is 78.4 cm³/mol. The molecule has 1 atom stereocenters. The molecule has 1 aliphatic rings. The van der Waals surface area contributed by atoms with Gasteiger partial charge in [-0.3, -0.25) is 8.99 Å². The predicted octanol–water partition coefficient (Wildman–Crippen LogP) is 1.44. The van der Waals surface area contributed by atoms with Crippen LogP contribution in [0.4, 0.5) is 5.69 Å². The number of fused-ring (bicyclic) bond motifs is 1. The number of aromatic nitrogens is 2. The number of anilines is 1. The fraction of sp³-hybridized carbons (Fsp3) is 0.357. The minimum absolute atomic E-state index is 0.147. The van der Waals surface area contributed by atoms with E-state index in [-0.39, 0.29) is 5.03 Å². The standard InChI is InChI=1S/C14H17N3O3S/c1-16-14(8-9-15-16)21(19,20)17-10-4-7-13(18)11-5-2-3-6-12(11)17/h2-3,5-6,8-9,13,18H,4,7,10H2,1H3. The third-order valence-corrected chi connectivity index (χ3v) is 5.62. The Kier molecular flexibility index (Phi) is 3.46. The lowest BCUT2D eigenvalue weighted by molar-refractivity contribution is 0.168. The average molecular weight is 307 g/mol. The van der Waals surface area contributed by atoms with Gasteiger partial charge in [-0.2, -0.15) is 13.5 Å². The molecule has 6 nitrogen and oxygen atoms in total. The van der Waals surface area contributed by atoms with E-state index in [0.29, 0.717) is 30.6 Å². The van der Waals surface area contributed by atoms with Crippen LogP contribution in [0.5, 0.6) is 0 Å². The molecule has 2 heterocycles. The fourth-order valence-corrected chi connectivity index (χ4v) is 4.31. The van der Waals surface area contributed by atoms with Crippen molar-refractivity contribution >= 4 is 15.7 Å². The van der Waals surface area contributed by atoms with E-state index in [4.69, 9.17) is 0 Å². The highest BCUT2D eigenvalue weighted by Crippen LogP contribution is 2.35. The summed E-state index contributed by atoms with van der Waals surface area (Å²) in [7, 11) is -2.08. The molecule has 0 amide bonds. The van der Waals surface area contributed by atoms with E-state index in [1.807, 2.05) is 6.07 Å². The van der Waals surface area contributed by atoms with Crippen molar-refractivity contribution in [1.29, 1.82) is 0 Å². The van der Waals surface area contributed by atoms with Gasteiger partial charge in [-0.25, -0.2) is 0 Å². The van der Waals surface area contributed by atoms with Gasteiger partial charge >= 0.3 is 0 Å². The zero-order valence-electron chi connectivity index (χ0n) is 11.7. The van der Waals surface area contributed by atoms with Gasteiger partial charge in [0.1, 0.15) is 0 Å². The second kappa shape index (κ2) is 5.16. The topological polar surface area (TPSA) is 75.4 Å². The molecule has 1 aliphatic heterocycles. The van der Waals surface area contributed by atoms with E-state index in [2.05, 4.69) is 5.10 Å². The first-order chi connectivity index (χ1) is 10.0. The Balaban J connectivity index is 2.14. The number of benzene rings is 1. The second-order valence-electron chi connectivity index (χ2n) is 5.09. The highest BCUT2D eigenvalue weighted by Gasteiger charge is 2.32. The molecule has 1 aromatic carbocycles. The second-order valence-corrected chi connectivity index (χ2v) is 6.90. The lowest BCUT2D eigenvalue weighted by Gasteiger charge is -2.24. The molecule has 0 fully saturated rings. The van der Waals surface area contributed by atoms with Gasteiger partial charge in [-0.05, 0) is 25.0 Å². The lowest BCUT2D eigenvalue weighted by Crippen LogP contribution is -2.33. The summed E-state index contributed by atoms with van der Waals surface area (Å²) in [5, 5.41) is 14.3. The monoisotopic (exact) mass is 307 g/mol. The molecule has 0 saturated carbocycles. The number of sulfonamides is 1. The van der Waals surface area contributed by atoms with Crippen LogP contribution in [0, 0.1) is 0 Å². The third-order valence-electron chi connectivity index (χ3n) is 3.73. The van der Waals surface area contributed by atoms with Gasteiger partial charge in [-0.15, -0.1) is 0 Å². The van der Waals surface area contributed by atoms with Crippen molar-refractivity contribution in [2.45, 2.75) is 24.0 Å². The number of para-hydroxylation sites is 1. The van der Waals surface area contributed by atoms with E-state index < -0.39 is 16.1 Å². The summed E-state index contributed by atoms with van der Waals surface area (Å²) in [5.41, 5.74) is 1.20. The minimum atomic E-state index is -3.69. The van der Waals surface area contributed by atoms with Crippen molar-refractivity contribution in [3.63, 3.8) is 0 Å². The van der Waals surface area contributed by atoms with Gasteiger partial charge in [0.05, 0.1) is 18.0 Å².